The van der Waals surface area contributed by atoms with Crippen LogP contribution in [0, 0.1) is 0 Å². The van der Waals surface area contributed by atoms with E-state index in [2.05, 4.69) is 30.3 Å². The number of para-hydroxylation sites is 1. The predicted molar refractivity (Wildman–Crippen MR) is 283 cm³/mol. The molecule has 5 rings (SSSR count). The molecule has 25 atom stereocenters. The van der Waals surface area contributed by atoms with Gasteiger partial charge in [0, 0.05) is 19.2 Å². The third kappa shape index (κ3) is 20.4. The molecule has 4 heterocycles. The second-order valence-corrected chi connectivity index (χ2v) is 23.4. The van der Waals surface area contributed by atoms with Gasteiger partial charge in [-0.05, 0) is 45.2 Å². The van der Waals surface area contributed by atoms with Gasteiger partial charge in [0.2, 0.25) is 23.6 Å². The fourth-order valence-corrected chi connectivity index (χ4v) is 10.1. The molecule has 504 valence electrons. The Morgan fingerprint density at radius 1 is 0.580 bits per heavy atom. The molecule has 0 spiro atoms. The van der Waals surface area contributed by atoms with Crippen LogP contribution in [0.25, 0.3) is 0 Å². The average Bonchev–Trinajstić information content (AvgIpc) is 1.62. The molecule has 0 unspecified atom stereocenters. The maximum Gasteiger partial charge on any atom is 0.469 e. The zero-order chi connectivity index (χ0) is 65.9. The number of hydrogen-bond donors (Lipinski definition) is 22. The molecule has 41 heteroatoms. The minimum atomic E-state index is -5.21. The maximum absolute atomic E-state index is 14.4. The Balaban J connectivity index is 1.35. The van der Waals surface area contributed by atoms with E-state index in [1.165, 1.54) is 12.1 Å². The number of nitrogens with one attached hydrogen (secondary N) is 4. The van der Waals surface area contributed by atoms with Crippen LogP contribution in [0.2, 0.25) is 0 Å². The zero-order valence-corrected chi connectivity index (χ0v) is 48.8. The summed E-state index contributed by atoms with van der Waals surface area (Å²) in [5.74, 6) is -5.19. The van der Waals surface area contributed by atoms with Crippen LogP contribution in [0.3, 0.4) is 0 Å². The summed E-state index contributed by atoms with van der Waals surface area (Å²) in [6.45, 7) is -0.765. The van der Waals surface area contributed by atoms with Gasteiger partial charge in [0.05, 0.1) is 44.2 Å². The van der Waals surface area contributed by atoms with Gasteiger partial charge in [-0.15, -0.1) is 0 Å². The largest absolute Gasteiger partial charge is 0.469 e. The third-order valence-electron chi connectivity index (χ3n) is 14.3. The quantitative estimate of drug-likeness (QED) is 0.0193. The van der Waals surface area contributed by atoms with Crippen molar-refractivity contribution in [3.05, 3.63) is 29.8 Å². The fraction of sp³-hybridized carbons (Fsp3) is 0.766. The first-order valence-corrected chi connectivity index (χ1v) is 30.1. The molecule has 1 aromatic carbocycles. The highest BCUT2D eigenvalue weighted by molar-refractivity contribution is 7.46. The Morgan fingerprint density at radius 2 is 1.06 bits per heavy atom. The van der Waals surface area contributed by atoms with Crippen LogP contribution in [0.1, 0.15) is 50.4 Å². The van der Waals surface area contributed by atoms with Crippen LogP contribution in [0.15, 0.2) is 24.3 Å². The number of ether oxygens (including phenoxy) is 8. The van der Waals surface area contributed by atoms with Crippen molar-refractivity contribution < 1.29 is 161 Å². The number of nitrogens with two attached hydrogens (primary N) is 2. The lowest BCUT2D eigenvalue weighted by Gasteiger charge is -2.46. The number of nitrogen functional groups attached to an aromatic ring is 1. The number of phosphoric ester groups is 2. The van der Waals surface area contributed by atoms with Crippen molar-refractivity contribution in [1.29, 1.82) is 0 Å². The third-order valence-corrected chi connectivity index (χ3v) is 15.3. The van der Waals surface area contributed by atoms with E-state index in [1.54, 1.807) is 12.1 Å². The van der Waals surface area contributed by atoms with Crippen molar-refractivity contribution in [3.63, 3.8) is 0 Å². The summed E-state index contributed by atoms with van der Waals surface area (Å²) in [7, 11) is -10.3. The van der Waals surface area contributed by atoms with Gasteiger partial charge < -0.3 is 151 Å². The number of rotatable bonds is 30. The van der Waals surface area contributed by atoms with Gasteiger partial charge >= 0.3 is 15.6 Å². The Labute approximate surface area is 499 Å². The number of anilines is 1. The van der Waals surface area contributed by atoms with Gasteiger partial charge in [-0.1, -0.05) is 12.1 Å². The average molecular weight is 1320 g/mol. The lowest BCUT2D eigenvalue weighted by atomic mass is 9.97. The Bertz CT molecular complexity index is 2560. The van der Waals surface area contributed by atoms with Gasteiger partial charge in [0.15, 0.2) is 25.2 Å². The van der Waals surface area contributed by atoms with E-state index >= 15 is 0 Å². The smallest absolute Gasteiger partial charge is 0.398 e. The van der Waals surface area contributed by atoms with Crippen molar-refractivity contribution in [2.75, 3.05) is 38.7 Å². The number of carbonyl (C=O) groups is 5. The first-order chi connectivity index (χ1) is 41.0. The van der Waals surface area contributed by atoms with E-state index in [0.717, 1.165) is 20.8 Å². The van der Waals surface area contributed by atoms with Crippen molar-refractivity contribution in [3.8, 4) is 0 Å². The van der Waals surface area contributed by atoms with E-state index in [1.807, 2.05) is 0 Å². The Kier molecular flexibility index (Phi) is 27.8. The molecule has 4 aliphatic rings. The van der Waals surface area contributed by atoms with E-state index in [9.17, 15) is 104 Å². The minimum Gasteiger partial charge on any atom is -0.398 e. The molecule has 5 amide bonds. The Hall–Kier alpha value is -4.21. The van der Waals surface area contributed by atoms with E-state index < -0.39 is 225 Å². The molecule has 4 aliphatic heterocycles. The summed E-state index contributed by atoms with van der Waals surface area (Å²) in [5.41, 5.74) is 12.0. The van der Waals surface area contributed by atoms with Gasteiger partial charge in [0.1, 0.15) is 116 Å². The molecule has 4 fully saturated rings. The van der Waals surface area contributed by atoms with Crippen LogP contribution in [-0.2, 0) is 75.3 Å². The van der Waals surface area contributed by atoms with E-state index in [4.69, 9.17) is 59.1 Å². The molecule has 0 saturated carbocycles. The van der Waals surface area contributed by atoms with Crippen molar-refractivity contribution in [1.82, 2.24) is 21.3 Å². The van der Waals surface area contributed by atoms with Gasteiger partial charge in [-0.25, -0.2) is 9.13 Å². The van der Waals surface area contributed by atoms with Gasteiger partial charge in [-0.2, -0.15) is 0 Å². The van der Waals surface area contributed by atoms with E-state index in [-0.39, 0.29) is 37.1 Å². The first kappa shape index (κ1) is 74.5. The molecule has 39 nitrogen and oxygen atoms in total. The molecule has 24 N–H and O–H groups in total. The molecule has 0 aromatic heterocycles. The predicted octanol–water partition coefficient (Wildman–Crippen LogP) is -10.6. The highest BCUT2D eigenvalue weighted by Gasteiger charge is 2.53. The summed E-state index contributed by atoms with van der Waals surface area (Å²) in [6, 6.07) is 0.588. The molecule has 0 radical (unpaired) electrons. The van der Waals surface area contributed by atoms with Gasteiger partial charge in [-0.3, -0.25) is 33.0 Å². The number of aliphatic hydroxyl groups is 12. The summed E-state index contributed by atoms with van der Waals surface area (Å²) in [5, 5.41) is 138. The molecular weight excluding hydrogens is 1240 g/mol. The molecule has 4 saturated heterocycles. The molecule has 0 bridgehead atoms. The summed E-state index contributed by atoms with van der Waals surface area (Å²) in [4.78, 5) is 104. The zero-order valence-electron chi connectivity index (χ0n) is 47.0. The molecule has 0 aliphatic carbocycles. The molecule has 1 aromatic rings. The number of benzene rings is 1. The first-order valence-electron chi connectivity index (χ1n) is 27.0. The Morgan fingerprint density at radius 3 is 1.59 bits per heavy atom. The van der Waals surface area contributed by atoms with Crippen LogP contribution >= 0.6 is 15.6 Å². The SMILES string of the molecule is CC(=O)N[C@H](C(=O)N[C@@H](CCCCNC(=O)c1ccccc1N)C(=O)N[C@H](C(N)=O)[C@@H](C)O[C@H]1O[C@H](CO)[C@@H](O)[C@H](O)[C@@H]1O[C@H]1O[C@H](COP(=O)(O)O)[C@@H](O)[C@H](O)[C@@H]1O)[C@@H](C)O[C@H]1O[C@H](CO[C@H]2O[C@H](COP(=O)(O)O)[C@@H](O)[C@H](O)[C@@H]2O)[C@@H](O)[C@H](O)[C@@H]1O. The van der Waals surface area contributed by atoms with Crippen LogP contribution < -0.4 is 32.7 Å². The second kappa shape index (κ2) is 32.9. The number of carbonyl (C=O) groups excluding carboxylic acids is 5. The van der Waals surface area contributed by atoms with Crippen LogP contribution in [-0.4, -0.2) is 297 Å². The molecular formula is C47H78N6O33P2. The van der Waals surface area contributed by atoms with E-state index in [0.29, 0.717) is 0 Å². The fourth-order valence-electron chi connectivity index (χ4n) is 9.40. The lowest BCUT2D eigenvalue weighted by molar-refractivity contribution is -0.371. The summed E-state index contributed by atoms with van der Waals surface area (Å²) >= 11 is 0. The van der Waals surface area contributed by atoms with Crippen molar-refractivity contribution in [2.45, 2.75) is 193 Å². The monoisotopic (exact) mass is 1320 g/mol. The highest BCUT2D eigenvalue weighted by Crippen LogP contribution is 2.39. The van der Waals surface area contributed by atoms with Gasteiger partial charge in [0.25, 0.3) is 5.91 Å². The number of aliphatic hydroxyl groups excluding tert-OH is 12. The second-order valence-electron chi connectivity index (χ2n) is 20.9. The topological polar surface area (TPSA) is 636 Å². The standard InChI is InChI=1S/C47H78N6O33P2/c1-16(81-47-39(35(63)28(56)22(12-54)82-47)86-46-38(66)34(62)31(59)25(85-46)15-79-88(74,75)76)26(40(49)67)53-42(69)21(10-6-7-11-50-41(68)19-8-4-5-9-20(19)48)52-43(70)27(51-18(3)55)17(2)80-45-37(65)33(61)29(57)23(84-45)13-77-44-36(64)32(60)30(58)24(83-44)14-78-87(71,72)73/h4-5,8-9,16-17,21-39,44-47,54,56-66H,6-7,10-15,48H2,1-3H3,(H2,49,67)(H,50,68)(H,51,55)(H,52,70)(H,53,69)(H2,71,72,73)(H2,74,75,76)/t16-,17-,21+,22-,23-,24-,25-,26+,27+,28-,29-,30-,31-,32+,33+,34+,35+,36+,37+,38+,39+,44+,45+,46-,47+/m1/s1. The van der Waals surface area contributed by atoms with Crippen LogP contribution in [0.4, 0.5) is 5.69 Å². The maximum atomic E-state index is 14.4. The van der Waals surface area contributed by atoms with Crippen LogP contribution in [0.5, 0.6) is 0 Å². The highest BCUT2D eigenvalue weighted by atomic mass is 31.2. The number of phosphoric acid groups is 2. The number of hydrogen-bond acceptors (Lipinski definition) is 30. The normalized spacial score (nSPS) is 34.7. The number of amides is 5. The minimum absolute atomic E-state index is 0.00600. The molecule has 88 heavy (non-hydrogen) atoms. The van der Waals surface area contributed by atoms with Crippen molar-refractivity contribution >= 4 is 50.9 Å². The van der Waals surface area contributed by atoms with Crippen molar-refractivity contribution in [2.24, 2.45) is 5.73 Å². The summed E-state index contributed by atoms with van der Waals surface area (Å²) in [6.07, 6.45) is -43.5. The lowest BCUT2D eigenvalue weighted by Crippen LogP contribution is -2.65. The number of unbranched alkanes of at least 4 members (excludes halogenated alkanes) is 1. The number of primary amides is 1. The summed E-state index contributed by atoms with van der Waals surface area (Å²) < 4.78 is 76.2.